The molecule has 0 radical (unpaired) electrons. The third-order valence-electron chi connectivity index (χ3n) is 3.87. The first-order chi connectivity index (χ1) is 9.21. The van der Waals surface area contributed by atoms with Gasteiger partial charge in [-0.05, 0) is 37.1 Å². The summed E-state index contributed by atoms with van der Waals surface area (Å²) in [7, 11) is 0. The normalized spacial score (nSPS) is 17.3. The Labute approximate surface area is 120 Å². The Balaban J connectivity index is 1.60. The van der Waals surface area contributed by atoms with Gasteiger partial charge in [-0.1, -0.05) is 38.0 Å². The lowest BCUT2D eigenvalue weighted by atomic mass is 9.88. The minimum absolute atomic E-state index is 0.0907. The van der Waals surface area contributed by atoms with Crippen LogP contribution in [0.5, 0.6) is 0 Å². The van der Waals surface area contributed by atoms with E-state index in [4.69, 9.17) is 0 Å². The van der Waals surface area contributed by atoms with Gasteiger partial charge < -0.3 is 5.32 Å². The van der Waals surface area contributed by atoms with Crippen molar-refractivity contribution in [2.45, 2.75) is 43.9 Å². The molecule has 0 aliphatic heterocycles. The number of hydrogen-bond acceptors (Lipinski definition) is 2. The molecule has 104 valence electrons. The number of rotatable bonds is 6. The summed E-state index contributed by atoms with van der Waals surface area (Å²) < 4.78 is 0. The Morgan fingerprint density at radius 2 is 1.95 bits per heavy atom. The average molecular weight is 277 g/mol. The fourth-order valence-corrected chi connectivity index (χ4v) is 3.45. The molecule has 1 fully saturated rings. The topological polar surface area (TPSA) is 29.1 Å². The van der Waals surface area contributed by atoms with Crippen molar-refractivity contribution in [2.24, 2.45) is 5.41 Å². The minimum Gasteiger partial charge on any atom is -0.356 e. The zero-order chi connectivity index (χ0) is 13.6. The SMILES string of the molecule is CC1(C(=O)NCCCSc2ccccc2)CCCC1. The maximum Gasteiger partial charge on any atom is 0.225 e. The van der Waals surface area contributed by atoms with Crippen molar-refractivity contribution in [3.63, 3.8) is 0 Å². The summed E-state index contributed by atoms with van der Waals surface area (Å²) in [4.78, 5) is 13.4. The van der Waals surface area contributed by atoms with Gasteiger partial charge >= 0.3 is 0 Å². The Morgan fingerprint density at radius 1 is 1.26 bits per heavy atom. The van der Waals surface area contributed by atoms with Crippen molar-refractivity contribution < 1.29 is 4.79 Å². The quantitative estimate of drug-likeness (QED) is 0.632. The molecule has 0 bridgehead atoms. The molecular weight excluding hydrogens is 254 g/mol. The van der Waals surface area contributed by atoms with E-state index in [9.17, 15) is 4.79 Å². The van der Waals surface area contributed by atoms with E-state index in [1.165, 1.54) is 17.7 Å². The summed E-state index contributed by atoms with van der Waals surface area (Å²) in [5.41, 5.74) is -0.0907. The van der Waals surface area contributed by atoms with Crippen LogP contribution >= 0.6 is 11.8 Å². The van der Waals surface area contributed by atoms with Gasteiger partial charge in [0.25, 0.3) is 0 Å². The number of amides is 1. The Hall–Kier alpha value is -0.960. The summed E-state index contributed by atoms with van der Waals surface area (Å²) in [5.74, 6) is 1.32. The van der Waals surface area contributed by atoms with E-state index >= 15 is 0 Å². The van der Waals surface area contributed by atoms with Crippen molar-refractivity contribution in [3.05, 3.63) is 30.3 Å². The van der Waals surface area contributed by atoms with Gasteiger partial charge in [-0.25, -0.2) is 0 Å². The maximum atomic E-state index is 12.1. The Morgan fingerprint density at radius 3 is 2.63 bits per heavy atom. The number of carbonyl (C=O) groups excluding carboxylic acids is 1. The van der Waals surface area contributed by atoms with Gasteiger partial charge in [0.1, 0.15) is 0 Å². The van der Waals surface area contributed by atoms with E-state index in [1.54, 1.807) is 0 Å². The van der Waals surface area contributed by atoms with Crippen LogP contribution in [0.3, 0.4) is 0 Å². The fraction of sp³-hybridized carbons (Fsp3) is 0.562. The monoisotopic (exact) mass is 277 g/mol. The first-order valence-corrected chi connectivity index (χ1v) is 8.15. The summed E-state index contributed by atoms with van der Waals surface area (Å²) >= 11 is 1.85. The van der Waals surface area contributed by atoms with Crippen LogP contribution in [-0.2, 0) is 4.79 Å². The molecule has 19 heavy (non-hydrogen) atoms. The minimum atomic E-state index is -0.0907. The van der Waals surface area contributed by atoms with E-state index in [0.717, 1.165) is 31.6 Å². The molecule has 0 spiro atoms. The molecule has 0 aromatic heterocycles. The number of carbonyl (C=O) groups is 1. The van der Waals surface area contributed by atoms with Gasteiger partial charge in [0, 0.05) is 16.9 Å². The molecule has 1 aromatic rings. The van der Waals surface area contributed by atoms with Crippen molar-refractivity contribution in [1.82, 2.24) is 5.32 Å². The molecule has 0 unspecified atom stereocenters. The second-order valence-corrected chi connectivity index (χ2v) is 6.71. The van der Waals surface area contributed by atoms with Gasteiger partial charge in [-0.15, -0.1) is 11.8 Å². The molecule has 2 rings (SSSR count). The molecule has 1 aromatic carbocycles. The molecule has 1 aliphatic carbocycles. The maximum absolute atomic E-state index is 12.1. The smallest absolute Gasteiger partial charge is 0.225 e. The lowest BCUT2D eigenvalue weighted by molar-refractivity contribution is -0.129. The fourth-order valence-electron chi connectivity index (χ4n) is 2.58. The van der Waals surface area contributed by atoms with Crippen LogP contribution in [-0.4, -0.2) is 18.2 Å². The molecule has 1 amide bonds. The van der Waals surface area contributed by atoms with Crippen LogP contribution in [0.1, 0.15) is 39.0 Å². The Kier molecular flexibility index (Phi) is 5.32. The summed E-state index contributed by atoms with van der Waals surface area (Å²) in [6.07, 6.45) is 5.54. The van der Waals surface area contributed by atoms with Gasteiger partial charge in [0.2, 0.25) is 5.91 Å². The zero-order valence-electron chi connectivity index (χ0n) is 11.7. The number of thioether (sulfide) groups is 1. The highest BCUT2D eigenvalue weighted by Gasteiger charge is 2.35. The highest BCUT2D eigenvalue weighted by molar-refractivity contribution is 7.99. The molecule has 0 heterocycles. The molecule has 3 heteroatoms. The molecule has 0 atom stereocenters. The third-order valence-corrected chi connectivity index (χ3v) is 4.97. The second kappa shape index (κ2) is 6.99. The number of hydrogen-bond donors (Lipinski definition) is 1. The largest absolute Gasteiger partial charge is 0.356 e. The predicted molar refractivity (Wildman–Crippen MR) is 81.4 cm³/mol. The summed E-state index contributed by atoms with van der Waals surface area (Å²) in [6.45, 7) is 2.91. The highest BCUT2D eigenvalue weighted by atomic mass is 32.2. The van der Waals surface area contributed by atoms with E-state index in [1.807, 2.05) is 17.8 Å². The lowest BCUT2D eigenvalue weighted by Gasteiger charge is -2.22. The van der Waals surface area contributed by atoms with Crippen LogP contribution in [0.2, 0.25) is 0 Å². The summed E-state index contributed by atoms with van der Waals surface area (Å²) in [6, 6.07) is 10.4. The molecule has 1 aliphatic rings. The van der Waals surface area contributed by atoms with Crippen LogP contribution in [0, 0.1) is 5.41 Å². The van der Waals surface area contributed by atoms with Crippen LogP contribution < -0.4 is 5.32 Å². The van der Waals surface area contributed by atoms with Crippen molar-refractivity contribution in [3.8, 4) is 0 Å². The standard InChI is InChI=1S/C16H23NOS/c1-16(10-5-6-11-16)15(18)17-12-7-13-19-14-8-3-2-4-9-14/h2-4,8-9H,5-7,10-13H2,1H3,(H,17,18). The first-order valence-electron chi connectivity index (χ1n) is 7.17. The number of nitrogens with one attached hydrogen (secondary N) is 1. The number of benzene rings is 1. The van der Waals surface area contributed by atoms with E-state index in [0.29, 0.717) is 0 Å². The first kappa shape index (κ1) is 14.4. The second-order valence-electron chi connectivity index (χ2n) is 5.54. The Bertz CT molecular complexity index is 398. The average Bonchev–Trinajstić information content (AvgIpc) is 2.88. The van der Waals surface area contributed by atoms with E-state index < -0.39 is 0 Å². The van der Waals surface area contributed by atoms with Gasteiger partial charge in [-0.3, -0.25) is 4.79 Å². The third kappa shape index (κ3) is 4.27. The lowest BCUT2D eigenvalue weighted by Crippen LogP contribution is -2.37. The van der Waals surface area contributed by atoms with Gasteiger partial charge in [0.15, 0.2) is 0 Å². The predicted octanol–water partition coefficient (Wildman–Crippen LogP) is 3.87. The molecule has 2 nitrogen and oxygen atoms in total. The van der Waals surface area contributed by atoms with Crippen molar-refractivity contribution >= 4 is 17.7 Å². The highest BCUT2D eigenvalue weighted by Crippen LogP contribution is 2.37. The van der Waals surface area contributed by atoms with Crippen LogP contribution in [0.4, 0.5) is 0 Å². The van der Waals surface area contributed by atoms with E-state index in [2.05, 4.69) is 36.5 Å². The van der Waals surface area contributed by atoms with Crippen LogP contribution in [0.25, 0.3) is 0 Å². The van der Waals surface area contributed by atoms with Crippen LogP contribution in [0.15, 0.2) is 35.2 Å². The van der Waals surface area contributed by atoms with Gasteiger partial charge in [0.05, 0.1) is 0 Å². The summed E-state index contributed by atoms with van der Waals surface area (Å²) in [5, 5.41) is 3.10. The molecule has 1 saturated carbocycles. The van der Waals surface area contributed by atoms with E-state index in [-0.39, 0.29) is 11.3 Å². The van der Waals surface area contributed by atoms with Gasteiger partial charge in [-0.2, -0.15) is 0 Å². The van der Waals surface area contributed by atoms with Crippen molar-refractivity contribution in [2.75, 3.05) is 12.3 Å². The molecule has 1 N–H and O–H groups in total. The molecule has 0 saturated heterocycles. The zero-order valence-corrected chi connectivity index (χ0v) is 12.5. The molecular formula is C16H23NOS. The van der Waals surface area contributed by atoms with Crippen molar-refractivity contribution in [1.29, 1.82) is 0 Å².